The second-order valence-electron chi connectivity index (χ2n) is 6.00. The predicted molar refractivity (Wildman–Crippen MR) is 76.6 cm³/mol. The molecular weight excluding hydrogens is 232 g/mol. The Labute approximate surface area is 113 Å². The molecule has 2 rings (SSSR count). The van der Waals surface area contributed by atoms with E-state index in [-0.39, 0.29) is 12.4 Å². The van der Waals surface area contributed by atoms with Crippen LogP contribution in [0.4, 0.5) is 0 Å². The third-order valence-electron chi connectivity index (χ3n) is 4.59. The molecule has 2 atom stereocenters. The SMILES string of the molecule is CC1CC(CN)CN1CC1CCCCCC1.Cl. The van der Waals surface area contributed by atoms with E-state index in [2.05, 4.69) is 11.8 Å². The molecule has 2 N–H and O–H groups in total. The summed E-state index contributed by atoms with van der Waals surface area (Å²) in [6.07, 6.45) is 10.1. The van der Waals surface area contributed by atoms with Crippen molar-refractivity contribution in [2.75, 3.05) is 19.6 Å². The van der Waals surface area contributed by atoms with Crippen LogP contribution in [-0.2, 0) is 0 Å². The standard InChI is InChI=1S/C14H28N2.ClH/c1-12-8-14(9-15)11-16(12)10-13-6-4-2-3-5-7-13;/h12-14H,2-11,15H2,1H3;1H. The number of nitrogens with two attached hydrogens (primary N) is 1. The minimum absolute atomic E-state index is 0. The molecule has 1 saturated heterocycles. The number of hydrogen-bond donors (Lipinski definition) is 1. The molecule has 1 heterocycles. The highest BCUT2D eigenvalue weighted by Crippen LogP contribution is 2.28. The third-order valence-corrected chi connectivity index (χ3v) is 4.59. The second-order valence-corrected chi connectivity index (χ2v) is 6.00. The summed E-state index contributed by atoms with van der Waals surface area (Å²) in [7, 11) is 0. The van der Waals surface area contributed by atoms with Crippen molar-refractivity contribution < 1.29 is 0 Å². The molecule has 3 heteroatoms. The largest absolute Gasteiger partial charge is 0.330 e. The van der Waals surface area contributed by atoms with Crippen molar-refractivity contribution in [3.63, 3.8) is 0 Å². The maximum atomic E-state index is 5.79. The van der Waals surface area contributed by atoms with E-state index in [0.29, 0.717) is 0 Å². The molecular formula is C14H29ClN2. The van der Waals surface area contributed by atoms with Crippen molar-refractivity contribution in [1.82, 2.24) is 4.90 Å². The molecule has 102 valence electrons. The van der Waals surface area contributed by atoms with Gasteiger partial charge in [0.05, 0.1) is 0 Å². The van der Waals surface area contributed by atoms with Gasteiger partial charge in [-0.25, -0.2) is 0 Å². The molecule has 1 saturated carbocycles. The lowest BCUT2D eigenvalue weighted by Crippen LogP contribution is -2.32. The number of rotatable bonds is 3. The Hall–Kier alpha value is 0.210. The van der Waals surface area contributed by atoms with Crippen LogP contribution in [0.25, 0.3) is 0 Å². The Kier molecular flexibility index (Phi) is 6.83. The van der Waals surface area contributed by atoms with Gasteiger partial charge in [-0.15, -0.1) is 12.4 Å². The van der Waals surface area contributed by atoms with E-state index in [4.69, 9.17) is 5.73 Å². The molecule has 0 bridgehead atoms. The van der Waals surface area contributed by atoms with Gasteiger partial charge in [-0.2, -0.15) is 0 Å². The van der Waals surface area contributed by atoms with Gasteiger partial charge in [-0.1, -0.05) is 25.7 Å². The summed E-state index contributed by atoms with van der Waals surface area (Å²) in [6.45, 7) is 5.86. The minimum Gasteiger partial charge on any atom is -0.330 e. The molecule has 17 heavy (non-hydrogen) atoms. The fraction of sp³-hybridized carbons (Fsp3) is 1.00. The quantitative estimate of drug-likeness (QED) is 0.791. The maximum absolute atomic E-state index is 5.79. The van der Waals surface area contributed by atoms with Crippen LogP contribution in [0.5, 0.6) is 0 Å². The molecule has 0 aromatic rings. The summed E-state index contributed by atoms with van der Waals surface area (Å²) in [6, 6.07) is 0.775. The topological polar surface area (TPSA) is 29.3 Å². The van der Waals surface area contributed by atoms with E-state index >= 15 is 0 Å². The third kappa shape index (κ3) is 4.42. The molecule has 0 aromatic heterocycles. The molecule has 0 radical (unpaired) electrons. The monoisotopic (exact) mass is 260 g/mol. The van der Waals surface area contributed by atoms with E-state index < -0.39 is 0 Å². The number of likely N-dealkylation sites (tertiary alicyclic amines) is 1. The van der Waals surface area contributed by atoms with Crippen molar-refractivity contribution in [3.05, 3.63) is 0 Å². The summed E-state index contributed by atoms with van der Waals surface area (Å²) in [5.41, 5.74) is 5.79. The van der Waals surface area contributed by atoms with Gasteiger partial charge in [0.1, 0.15) is 0 Å². The van der Waals surface area contributed by atoms with Crippen molar-refractivity contribution >= 4 is 12.4 Å². The zero-order chi connectivity index (χ0) is 11.4. The van der Waals surface area contributed by atoms with Gasteiger partial charge in [0.15, 0.2) is 0 Å². The molecule has 2 aliphatic rings. The van der Waals surface area contributed by atoms with Gasteiger partial charge in [-0.3, -0.25) is 0 Å². The summed E-state index contributed by atoms with van der Waals surface area (Å²) >= 11 is 0. The van der Waals surface area contributed by atoms with Gasteiger partial charge < -0.3 is 10.6 Å². The number of hydrogen-bond acceptors (Lipinski definition) is 2. The van der Waals surface area contributed by atoms with Gasteiger partial charge >= 0.3 is 0 Å². The molecule has 2 unspecified atom stereocenters. The smallest absolute Gasteiger partial charge is 0.00707 e. The normalized spacial score (nSPS) is 32.1. The van der Waals surface area contributed by atoms with Crippen molar-refractivity contribution in [2.24, 2.45) is 17.6 Å². The minimum atomic E-state index is 0. The maximum Gasteiger partial charge on any atom is 0.00707 e. The fourth-order valence-electron chi connectivity index (χ4n) is 3.52. The summed E-state index contributed by atoms with van der Waals surface area (Å²) < 4.78 is 0. The van der Waals surface area contributed by atoms with E-state index in [1.807, 2.05) is 0 Å². The van der Waals surface area contributed by atoms with Gasteiger partial charge in [-0.05, 0) is 44.6 Å². The Morgan fingerprint density at radius 2 is 1.71 bits per heavy atom. The van der Waals surface area contributed by atoms with Gasteiger partial charge in [0.25, 0.3) is 0 Å². The van der Waals surface area contributed by atoms with Crippen molar-refractivity contribution in [3.8, 4) is 0 Å². The van der Waals surface area contributed by atoms with Crippen LogP contribution < -0.4 is 5.73 Å². The van der Waals surface area contributed by atoms with Crippen LogP contribution in [-0.4, -0.2) is 30.6 Å². The molecule has 1 aliphatic heterocycles. The molecule has 0 aromatic carbocycles. The molecule has 1 aliphatic carbocycles. The first-order valence-electron chi connectivity index (χ1n) is 7.23. The van der Waals surface area contributed by atoms with Crippen molar-refractivity contribution in [1.29, 1.82) is 0 Å². The first kappa shape index (κ1) is 15.3. The van der Waals surface area contributed by atoms with E-state index in [9.17, 15) is 0 Å². The van der Waals surface area contributed by atoms with E-state index in [1.165, 1.54) is 58.0 Å². The number of halogens is 1. The van der Waals surface area contributed by atoms with E-state index in [0.717, 1.165) is 24.4 Å². The van der Waals surface area contributed by atoms with Crippen molar-refractivity contribution in [2.45, 2.75) is 57.9 Å². The van der Waals surface area contributed by atoms with Gasteiger partial charge in [0, 0.05) is 19.1 Å². The zero-order valence-corrected chi connectivity index (χ0v) is 12.1. The summed E-state index contributed by atoms with van der Waals surface area (Å²) in [5.74, 6) is 1.74. The average Bonchev–Trinajstić information content (AvgIpc) is 2.51. The van der Waals surface area contributed by atoms with Crippen LogP contribution in [0.1, 0.15) is 51.9 Å². The Balaban J connectivity index is 0.00000144. The number of nitrogens with zero attached hydrogens (tertiary/aromatic N) is 1. The lowest BCUT2D eigenvalue weighted by molar-refractivity contribution is 0.210. The zero-order valence-electron chi connectivity index (χ0n) is 11.2. The lowest BCUT2D eigenvalue weighted by Gasteiger charge is -2.26. The average molecular weight is 261 g/mol. The Morgan fingerprint density at radius 1 is 1.06 bits per heavy atom. The molecule has 2 fully saturated rings. The Bertz CT molecular complexity index is 202. The molecule has 2 nitrogen and oxygen atoms in total. The lowest BCUT2D eigenvalue weighted by atomic mass is 9.99. The second kappa shape index (κ2) is 7.60. The van der Waals surface area contributed by atoms with Crippen LogP contribution in [0, 0.1) is 11.8 Å². The summed E-state index contributed by atoms with van der Waals surface area (Å²) in [4.78, 5) is 2.70. The van der Waals surface area contributed by atoms with Crippen LogP contribution >= 0.6 is 12.4 Å². The fourth-order valence-corrected chi connectivity index (χ4v) is 3.52. The highest BCUT2D eigenvalue weighted by atomic mass is 35.5. The Morgan fingerprint density at radius 3 is 2.24 bits per heavy atom. The van der Waals surface area contributed by atoms with E-state index in [1.54, 1.807) is 0 Å². The first-order valence-corrected chi connectivity index (χ1v) is 7.23. The first-order chi connectivity index (χ1) is 7.79. The molecule has 0 spiro atoms. The highest BCUT2D eigenvalue weighted by molar-refractivity contribution is 5.85. The van der Waals surface area contributed by atoms with Gasteiger partial charge in [0.2, 0.25) is 0 Å². The molecule has 0 amide bonds. The van der Waals surface area contributed by atoms with Crippen LogP contribution in [0.15, 0.2) is 0 Å². The van der Waals surface area contributed by atoms with Crippen LogP contribution in [0.3, 0.4) is 0 Å². The predicted octanol–water partition coefficient (Wildman–Crippen LogP) is 3.05. The highest BCUT2D eigenvalue weighted by Gasteiger charge is 2.29. The summed E-state index contributed by atoms with van der Waals surface area (Å²) in [5, 5.41) is 0. The van der Waals surface area contributed by atoms with Crippen LogP contribution in [0.2, 0.25) is 0 Å².